The lowest BCUT2D eigenvalue weighted by Gasteiger charge is -1.90. The summed E-state index contributed by atoms with van der Waals surface area (Å²) < 4.78 is 21.1. The largest absolute Gasteiger partial charge is 0.321 e. The van der Waals surface area contributed by atoms with Crippen LogP contribution in [0.4, 0.5) is 0 Å². The van der Waals surface area contributed by atoms with Crippen LogP contribution in [-0.2, 0) is 14.6 Å². The number of nitrogens with two attached hydrogens (primary N) is 1. The summed E-state index contributed by atoms with van der Waals surface area (Å²) in [6.07, 6.45) is 0. The molecule has 9 heavy (non-hydrogen) atoms. The molecule has 1 aliphatic heterocycles. The van der Waals surface area contributed by atoms with E-state index in [0.29, 0.717) is 0 Å². The maximum atomic E-state index is 10.6. The van der Waals surface area contributed by atoms with Crippen molar-refractivity contribution >= 4 is 15.6 Å². The molecule has 1 saturated heterocycles. The molecule has 0 radical (unpaired) electrons. The van der Waals surface area contributed by atoms with Crippen molar-refractivity contribution in [2.24, 2.45) is 5.73 Å². The van der Waals surface area contributed by atoms with Crippen LogP contribution in [0.25, 0.3) is 0 Å². The molecular formula is C4H7NO3S. The lowest BCUT2D eigenvalue weighted by molar-refractivity contribution is -0.116. The predicted octanol–water partition coefficient (Wildman–Crippen LogP) is -1.69. The van der Waals surface area contributed by atoms with Crippen molar-refractivity contribution in [2.75, 3.05) is 11.5 Å². The Morgan fingerprint density at radius 1 is 1.56 bits per heavy atom. The van der Waals surface area contributed by atoms with E-state index in [2.05, 4.69) is 0 Å². The minimum Gasteiger partial charge on any atom is -0.321 e. The summed E-state index contributed by atoms with van der Waals surface area (Å²) in [5.41, 5.74) is 5.13. The highest BCUT2D eigenvalue weighted by Crippen LogP contribution is 2.04. The molecule has 1 heterocycles. The highest BCUT2D eigenvalue weighted by Gasteiger charge is 2.32. The quantitative estimate of drug-likeness (QED) is 0.446. The number of hydrogen-bond donors (Lipinski definition) is 1. The summed E-state index contributed by atoms with van der Waals surface area (Å²) in [4.78, 5) is 10.5. The highest BCUT2D eigenvalue weighted by molar-refractivity contribution is 7.92. The monoisotopic (exact) mass is 149 g/mol. The first-order valence-corrected chi connectivity index (χ1v) is 4.32. The Morgan fingerprint density at radius 2 is 2.11 bits per heavy atom. The maximum Gasteiger partial charge on any atom is 0.165 e. The second-order valence-corrected chi connectivity index (χ2v) is 4.24. The Hall–Kier alpha value is -0.420. The van der Waals surface area contributed by atoms with Gasteiger partial charge in [0, 0.05) is 0 Å². The van der Waals surface area contributed by atoms with Crippen LogP contribution in [0.5, 0.6) is 0 Å². The van der Waals surface area contributed by atoms with Gasteiger partial charge in [0.25, 0.3) is 0 Å². The fraction of sp³-hybridized carbons (Fsp3) is 0.750. The fourth-order valence-corrected chi connectivity index (χ4v) is 2.25. The average Bonchev–Trinajstić information content (AvgIpc) is 1.79. The van der Waals surface area contributed by atoms with E-state index in [9.17, 15) is 13.2 Å². The van der Waals surface area contributed by atoms with Gasteiger partial charge in [-0.3, -0.25) is 4.79 Å². The minimum atomic E-state index is -3.12. The van der Waals surface area contributed by atoms with Gasteiger partial charge in [0.2, 0.25) is 0 Å². The molecule has 0 saturated carbocycles. The number of ketones is 1. The van der Waals surface area contributed by atoms with E-state index < -0.39 is 15.9 Å². The van der Waals surface area contributed by atoms with E-state index >= 15 is 0 Å². The second kappa shape index (κ2) is 1.78. The molecule has 1 rings (SSSR count). The first-order valence-electron chi connectivity index (χ1n) is 2.50. The SMILES string of the molecule is NC1CS(=O)(=O)CC1=O. The zero-order valence-electron chi connectivity index (χ0n) is 4.70. The van der Waals surface area contributed by atoms with Crippen LogP contribution in [0, 0.1) is 0 Å². The predicted molar refractivity (Wildman–Crippen MR) is 31.6 cm³/mol. The molecule has 0 aromatic rings. The number of Topliss-reactive ketones (excluding diaryl/α,β-unsaturated/α-hetero) is 1. The third kappa shape index (κ3) is 1.28. The van der Waals surface area contributed by atoms with Crippen LogP contribution in [0.2, 0.25) is 0 Å². The molecule has 4 nitrogen and oxygen atoms in total. The molecule has 1 atom stereocenters. The molecule has 1 aliphatic rings. The van der Waals surface area contributed by atoms with E-state index in [-0.39, 0.29) is 17.3 Å². The van der Waals surface area contributed by atoms with E-state index in [1.165, 1.54) is 0 Å². The standard InChI is InChI=1S/C4H7NO3S/c5-3-1-9(7,8)2-4(3)6/h3H,1-2,5H2. The molecule has 0 aromatic carbocycles. The van der Waals surface area contributed by atoms with Crippen LogP contribution in [0.15, 0.2) is 0 Å². The third-order valence-corrected chi connectivity index (χ3v) is 2.80. The third-order valence-electron chi connectivity index (χ3n) is 1.21. The summed E-state index contributed by atoms with van der Waals surface area (Å²) in [7, 11) is -3.12. The van der Waals surface area contributed by atoms with Gasteiger partial charge in [-0.2, -0.15) is 0 Å². The average molecular weight is 149 g/mol. The Balaban J connectivity index is 2.90. The van der Waals surface area contributed by atoms with Crippen LogP contribution >= 0.6 is 0 Å². The lowest BCUT2D eigenvalue weighted by Crippen LogP contribution is -2.28. The fourth-order valence-electron chi connectivity index (χ4n) is 0.749. The molecule has 2 N–H and O–H groups in total. The van der Waals surface area contributed by atoms with Crippen molar-refractivity contribution in [3.8, 4) is 0 Å². The first-order chi connectivity index (χ1) is 4.01. The van der Waals surface area contributed by atoms with E-state index in [1.54, 1.807) is 0 Å². The van der Waals surface area contributed by atoms with E-state index in [4.69, 9.17) is 5.73 Å². The van der Waals surface area contributed by atoms with Gasteiger partial charge in [-0.1, -0.05) is 0 Å². The van der Waals surface area contributed by atoms with Crippen molar-refractivity contribution < 1.29 is 13.2 Å². The molecule has 1 unspecified atom stereocenters. The zero-order chi connectivity index (χ0) is 7.07. The summed E-state index contributed by atoms with van der Waals surface area (Å²) in [5.74, 6) is -0.907. The second-order valence-electron chi connectivity index (χ2n) is 2.13. The zero-order valence-corrected chi connectivity index (χ0v) is 5.52. The number of carbonyl (C=O) groups excluding carboxylic acids is 1. The van der Waals surface area contributed by atoms with Crippen LogP contribution in [0.1, 0.15) is 0 Å². The van der Waals surface area contributed by atoms with Crippen molar-refractivity contribution in [2.45, 2.75) is 6.04 Å². The van der Waals surface area contributed by atoms with Gasteiger partial charge < -0.3 is 5.73 Å². The van der Waals surface area contributed by atoms with Gasteiger partial charge in [-0.05, 0) is 0 Å². The molecule has 0 amide bonds. The molecular weight excluding hydrogens is 142 g/mol. The molecule has 1 fully saturated rings. The van der Waals surface area contributed by atoms with Gasteiger partial charge in [0.05, 0.1) is 11.8 Å². The first kappa shape index (κ1) is 6.70. The summed E-state index contributed by atoms with van der Waals surface area (Å²) >= 11 is 0. The van der Waals surface area contributed by atoms with Gasteiger partial charge in [-0.15, -0.1) is 0 Å². The smallest absolute Gasteiger partial charge is 0.165 e. The Kier molecular flexibility index (Phi) is 1.32. The van der Waals surface area contributed by atoms with Crippen LogP contribution < -0.4 is 5.73 Å². The number of carbonyl (C=O) groups is 1. The highest BCUT2D eigenvalue weighted by atomic mass is 32.2. The molecule has 0 bridgehead atoms. The van der Waals surface area contributed by atoms with Crippen molar-refractivity contribution in [3.63, 3.8) is 0 Å². The van der Waals surface area contributed by atoms with Crippen molar-refractivity contribution in [1.82, 2.24) is 0 Å². The molecule has 0 aromatic heterocycles. The Bertz CT molecular complexity index is 230. The van der Waals surface area contributed by atoms with Crippen LogP contribution in [-0.4, -0.2) is 31.7 Å². The van der Waals surface area contributed by atoms with Crippen molar-refractivity contribution in [3.05, 3.63) is 0 Å². The maximum absolute atomic E-state index is 10.6. The van der Waals surface area contributed by atoms with Gasteiger partial charge in [0.1, 0.15) is 5.75 Å². The van der Waals surface area contributed by atoms with E-state index in [1.807, 2.05) is 0 Å². The lowest BCUT2D eigenvalue weighted by atomic mass is 10.3. The van der Waals surface area contributed by atoms with Gasteiger partial charge in [-0.25, -0.2) is 8.42 Å². The Morgan fingerprint density at radius 3 is 2.22 bits per heavy atom. The van der Waals surface area contributed by atoms with Crippen molar-refractivity contribution in [1.29, 1.82) is 0 Å². The van der Waals surface area contributed by atoms with Crippen LogP contribution in [0.3, 0.4) is 0 Å². The Labute approximate surface area is 53.0 Å². The molecule has 52 valence electrons. The number of rotatable bonds is 0. The van der Waals surface area contributed by atoms with Gasteiger partial charge >= 0.3 is 0 Å². The normalized spacial score (nSPS) is 33.0. The topological polar surface area (TPSA) is 77.2 Å². The van der Waals surface area contributed by atoms with E-state index in [0.717, 1.165) is 0 Å². The number of sulfone groups is 1. The summed E-state index contributed by atoms with van der Waals surface area (Å²) in [6, 6.07) is -0.769. The molecule has 5 heteroatoms. The minimum absolute atomic E-state index is 0.175. The molecule has 0 aliphatic carbocycles. The van der Waals surface area contributed by atoms with Gasteiger partial charge in [0.15, 0.2) is 15.6 Å². The summed E-state index contributed by atoms with van der Waals surface area (Å²) in [6.45, 7) is 0. The molecule has 0 spiro atoms. The number of hydrogen-bond acceptors (Lipinski definition) is 4. The summed E-state index contributed by atoms with van der Waals surface area (Å²) in [5, 5.41) is 0.